The van der Waals surface area contributed by atoms with Gasteiger partial charge in [0.05, 0.1) is 5.69 Å². The van der Waals surface area contributed by atoms with Crippen LogP contribution >= 0.6 is 11.6 Å². The summed E-state index contributed by atoms with van der Waals surface area (Å²) in [5.74, 6) is 0.252. The number of halogens is 1. The molecule has 0 aliphatic heterocycles. The molecule has 0 aliphatic rings. The highest BCUT2D eigenvalue weighted by Crippen LogP contribution is 2.27. The lowest BCUT2D eigenvalue weighted by Crippen LogP contribution is -1.90. The van der Waals surface area contributed by atoms with Crippen molar-refractivity contribution in [2.75, 3.05) is 0 Å². The van der Waals surface area contributed by atoms with E-state index in [1.807, 2.05) is 67.6 Å². The van der Waals surface area contributed by atoms with Crippen LogP contribution in [0.3, 0.4) is 0 Å². The first-order valence-electron chi connectivity index (χ1n) is 7.33. The first-order valence-corrected chi connectivity index (χ1v) is 7.71. The summed E-state index contributed by atoms with van der Waals surface area (Å²) < 4.78 is 0. The Kier molecular flexibility index (Phi) is 4.45. The second-order valence-electron chi connectivity index (χ2n) is 5.29. The van der Waals surface area contributed by atoms with Crippen LogP contribution < -0.4 is 0 Å². The molecular formula is C20H16ClNO. The monoisotopic (exact) mass is 321 g/mol. The van der Waals surface area contributed by atoms with Gasteiger partial charge in [0.1, 0.15) is 5.75 Å². The third-order valence-electron chi connectivity index (χ3n) is 3.57. The van der Waals surface area contributed by atoms with Gasteiger partial charge in [0.15, 0.2) is 0 Å². The van der Waals surface area contributed by atoms with E-state index in [2.05, 4.69) is 4.98 Å². The number of nitrogens with zero attached hydrogens (tertiary/aromatic N) is 1. The fraction of sp³-hybridized carbons (Fsp3) is 0.0500. The predicted molar refractivity (Wildman–Crippen MR) is 96.5 cm³/mol. The van der Waals surface area contributed by atoms with E-state index in [1.165, 1.54) is 0 Å². The van der Waals surface area contributed by atoms with Gasteiger partial charge in [-0.1, -0.05) is 54.1 Å². The van der Waals surface area contributed by atoms with Crippen molar-refractivity contribution in [3.05, 3.63) is 82.6 Å². The molecule has 3 aromatic rings. The largest absolute Gasteiger partial charge is 0.508 e. The number of hydrogen-bond acceptors (Lipinski definition) is 2. The minimum Gasteiger partial charge on any atom is -0.508 e. The van der Waals surface area contributed by atoms with E-state index in [4.69, 9.17) is 11.6 Å². The van der Waals surface area contributed by atoms with Crippen molar-refractivity contribution in [2.45, 2.75) is 6.92 Å². The van der Waals surface area contributed by atoms with Gasteiger partial charge in [-0.15, -0.1) is 0 Å². The molecule has 3 rings (SSSR count). The van der Waals surface area contributed by atoms with Crippen molar-refractivity contribution in [1.82, 2.24) is 4.98 Å². The summed E-state index contributed by atoms with van der Waals surface area (Å²) in [6.45, 7) is 1.97. The van der Waals surface area contributed by atoms with Crippen molar-refractivity contribution < 1.29 is 5.11 Å². The lowest BCUT2D eigenvalue weighted by atomic mass is 10.0. The molecule has 0 amide bonds. The van der Waals surface area contributed by atoms with E-state index in [1.54, 1.807) is 12.1 Å². The van der Waals surface area contributed by atoms with Gasteiger partial charge in [0.2, 0.25) is 0 Å². The quantitative estimate of drug-likeness (QED) is 0.682. The van der Waals surface area contributed by atoms with Gasteiger partial charge in [0, 0.05) is 16.3 Å². The zero-order chi connectivity index (χ0) is 16.2. The predicted octanol–water partition coefficient (Wildman–Crippen LogP) is 5.59. The fourth-order valence-electron chi connectivity index (χ4n) is 2.37. The van der Waals surface area contributed by atoms with Crippen molar-refractivity contribution in [2.24, 2.45) is 0 Å². The van der Waals surface area contributed by atoms with Crippen LogP contribution in [-0.4, -0.2) is 10.1 Å². The number of pyridine rings is 1. The molecule has 0 saturated carbocycles. The minimum atomic E-state index is 0.252. The number of phenolic OH excluding ortho intramolecular Hbond substituents is 1. The zero-order valence-electron chi connectivity index (χ0n) is 12.7. The molecule has 23 heavy (non-hydrogen) atoms. The standard InChI is InChI=1S/C20H16ClNO/c1-14-6-12-18(15-7-10-17(23)11-8-15)20(22-14)13-9-16-4-2-3-5-19(16)21/h2-13,23H,1H3. The normalized spacial score (nSPS) is 11.0. The molecule has 0 bridgehead atoms. The maximum atomic E-state index is 9.46. The van der Waals surface area contributed by atoms with Gasteiger partial charge in [-0.05, 0) is 48.4 Å². The number of rotatable bonds is 3. The second kappa shape index (κ2) is 6.67. The van der Waals surface area contributed by atoms with E-state index >= 15 is 0 Å². The maximum Gasteiger partial charge on any atom is 0.115 e. The fourth-order valence-corrected chi connectivity index (χ4v) is 2.57. The van der Waals surface area contributed by atoms with Gasteiger partial charge in [-0.25, -0.2) is 0 Å². The summed E-state index contributed by atoms with van der Waals surface area (Å²) in [5, 5.41) is 10.2. The average molecular weight is 322 g/mol. The average Bonchev–Trinajstić information content (AvgIpc) is 2.55. The van der Waals surface area contributed by atoms with Gasteiger partial charge in [0.25, 0.3) is 0 Å². The van der Waals surface area contributed by atoms with Crippen LogP contribution in [0.15, 0.2) is 60.7 Å². The Morgan fingerprint density at radius 1 is 0.913 bits per heavy atom. The Morgan fingerprint density at radius 2 is 1.65 bits per heavy atom. The number of phenols is 1. The molecule has 0 atom stereocenters. The zero-order valence-corrected chi connectivity index (χ0v) is 13.5. The molecule has 0 unspecified atom stereocenters. The lowest BCUT2D eigenvalue weighted by molar-refractivity contribution is 0.475. The third-order valence-corrected chi connectivity index (χ3v) is 3.91. The third kappa shape index (κ3) is 3.61. The van der Waals surface area contributed by atoms with Crippen LogP contribution in [0.25, 0.3) is 23.3 Å². The van der Waals surface area contributed by atoms with Crippen LogP contribution in [0.1, 0.15) is 17.0 Å². The molecule has 0 saturated heterocycles. The number of benzene rings is 2. The Labute approximate surface area is 140 Å². The molecule has 114 valence electrons. The first kappa shape index (κ1) is 15.3. The van der Waals surface area contributed by atoms with Crippen LogP contribution in [0.2, 0.25) is 5.02 Å². The molecule has 0 radical (unpaired) electrons. The second-order valence-corrected chi connectivity index (χ2v) is 5.69. The summed E-state index contributed by atoms with van der Waals surface area (Å²) in [5.41, 5.74) is 4.80. The van der Waals surface area contributed by atoms with E-state index in [0.717, 1.165) is 28.1 Å². The Morgan fingerprint density at radius 3 is 2.39 bits per heavy atom. The SMILES string of the molecule is Cc1ccc(-c2ccc(O)cc2)c(C=Cc2ccccc2Cl)n1. The molecule has 3 heteroatoms. The van der Waals surface area contributed by atoms with E-state index in [-0.39, 0.29) is 5.75 Å². The smallest absolute Gasteiger partial charge is 0.115 e. The van der Waals surface area contributed by atoms with Crippen molar-refractivity contribution in [1.29, 1.82) is 0 Å². The highest BCUT2D eigenvalue weighted by atomic mass is 35.5. The Bertz CT molecular complexity index is 854. The first-order chi connectivity index (χ1) is 11.1. The summed E-state index contributed by atoms with van der Waals surface area (Å²) in [6.07, 6.45) is 3.93. The molecule has 0 aliphatic carbocycles. The molecule has 1 aromatic heterocycles. The van der Waals surface area contributed by atoms with Gasteiger partial charge in [-0.3, -0.25) is 4.98 Å². The summed E-state index contributed by atoms with van der Waals surface area (Å²) in [6, 6.07) is 18.8. The number of aryl methyl sites for hydroxylation is 1. The number of aromatic nitrogens is 1. The summed E-state index contributed by atoms with van der Waals surface area (Å²) >= 11 is 6.20. The number of hydrogen-bond donors (Lipinski definition) is 1. The van der Waals surface area contributed by atoms with Gasteiger partial charge < -0.3 is 5.11 Å². The summed E-state index contributed by atoms with van der Waals surface area (Å²) in [7, 11) is 0. The van der Waals surface area contributed by atoms with Gasteiger partial charge >= 0.3 is 0 Å². The Balaban J connectivity index is 2.03. The topological polar surface area (TPSA) is 33.1 Å². The van der Waals surface area contributed by atoms with Crippen LogP contribution in [-0.2, 0) is 0 Å². The van der Waals surface area contributed by atoms with Crippen LogP contribution in [0, 0.1) is 6.92 Å². The molecule has 0 fully saturated rings. The van der Waals surface area contributed by atoms with E-state index in [9.17, 15) is 5.11 Å². The lowest BCUT2D eigenvalue weighted by Gasteiger charge is -2.07. The highest BCUT2D eigenvalue weighted by Gasteiger charge is 2.05. The molecular weight excluding hydrogens is 306 g/mol. The summed E-state index contributed by atoms with van der Waals surface area (Å²) in [4.78, 5) is 4.62. The van der Waals surface area contributed by atoms with Crippen molar-refractivity contribution in [3.8, 4) is 16.9 Å². The molecule has 2 aromatic carbocycles. The minimum absolute atomic E-state index is 0.252. The van der Waals surface area contributed by atoms with E-state index < -0.39 is 0 Å². The molecule has 0 spiro atoms. The Hall–Kier alpha value is -2.58. The molecule has 1 heterocycles. The van der Waals surface area contributed by atoms with Crippen molar-refractivity contribution in [3.63, 3.8) is 0 Å². The van der Waals surface area contributed by atoms with Gasteiger partial charge in [-0.2, -0.15) is 0 Å². The molecule has 2 nitrogen and oxygen atoms in total. The van der Waals surface area contributed by atoms with E-state index in [0.29, 0.717) is 5.02 Å². The van der Waals surface area contributed by atoms with Crippen molar-refractivity contribution >= 4 is 23.8 Å². The number of aromatic hydroxyl groups is 1. The highest BCUT2D eigenvalue weighted by molar-refractivity contribution is 6.32. The molecule has 1 N–H and O–H groups in total. The van der Waals surface area contributed by atoms with Crippen LogP contribution in [0.4, 0.5) is 0 Å². The van der Waals surface area contributed by atoms with Crippen LogP contribution in [0.5, 0.6) is 5.75 Å². The maximum absolute atomic E-state index is 9.46.